The van der Waals surface area contributed by atoms with Gasteiger partial charge in [0.1, 0.15) is 0 Å². The van der Waals surface area contributed by atoms with Gasteiger partial charge in [-0.3, -0.25) is 4.79 Å². The first-order valence-corrected chi connectivity index (χ1v) is 8.87. The number of carbonyl (C=O) groups is 1. The van der Waals surface area contributed by atoms with E-state index in [1.807, 2.05) is 0 Å². The zero-order valence-corrected chi connectivity index (χ0v) is 15.3. The minimum absolute atomic E-state index is 0.0518. The molecule has 1 atom stereocenters. The Labute approximate surface area is 183 Å². The number of hydrogen-bond donors (Lipinski definition) is 4. The van der Waals surface area contributed by atoms with Gasteiger partial charge in [0.05, 0.1) is 27.7 Å². The SMILES string of the molecule is [2H]c1sc(N)nc1C([2H])([2H])C(=O)Nc1ccc(C([2H])([2H])CNC[C@]([2H])(O)c2c([2H])c([2H])c([2H])c([2H])c2[2H])cc1. The average molecular weight is 408 g/mol. The number of amides is 1. The second-order valence-corrected chi connectivity index (χ2v) is 6.21. The lowest BCUT2D eigenvalue weighted by molar-refractivity contribution is -0.115. The number of nitrogen functional groups attached to an aromatic ring is 1. The molecule has 5 N–H and O–H groups in total. The average Bonchev–Trinajstić information content (AvgIpc) is 3.20. The summed E-state index contributed by atoms with van der Waals surface area (Å²) < 4.78 is 87.5. The minimum atomic E-state index is -2.66. The highest BCUT2D eigenvalue weighted by Gasteiger charge is 2.08. The van der Waals surface area contributed by atoms with Crippen molar-refractivity contribution in [2.45, 2.75) is 18.8 Å². The fourth-order valence-electron chi connectivity index (χ4n) is 2.08. The molecule has 0 saturated heterocycles. The Bertz CT molecular complexity index is 1370. The molecule has 0 unspecified atom stereocenters. The monoisotopic (exact) mass is 407 g/mol. The van der Waals surface area contributed by atoms with Gasteiger partial charge >= 0.3 is 0 Å². The number of nitrogens with two attached hydrogens (primary N) is 1. The molecule has 0 saturated carbocycles. The largest absolute Gasteiger partial charge is 0.387 e. The van der Waals surface area contributed by atoms with E-state index in [2.05, 4.69) is 15.6 Å². The lowest BCUT2D eigenvalue weighted by Gasteiger charge is -2.12. The van der Waals surface area contributed by atoms with Crippen molar-refractivity contribution < 1.29 is 25.0 Å². The number of benzene rings is 2. The summed E-state index contributed by atoms with van der Waals surface area (Å²) in [5.74, 6) is -1.10. The third-order valence-corrected chi connectivity index (χ3v) is 3.94. The highest BCUT2D eigenvalue weighted by molar-refractivity contribution is 7.13. The van der Waals surface area contributed by atoms with Crippen LogP contribution in [0.3, 0.4) is 0 Å². The maximum absolute atomic E-state index is 12.5. The van der Waals surface area contributed by atoms with Gasteiger partial charge in [-0.2, -0.15) is 0 Å². The lowest BCUT2D eigenvalue weighted by atomic mass is 10.1. The van der Waals surface area contributed by atoms with Crippen LogP contribution in [-0.4, -0.2) is 29.1 Å². The molecule has 6 nitrogen and oxygen atoms in total. The highest BCUT2D eigenvalue weighted by atomic mass is 32.1. The van der Waals surface area contributed by atoms with E-state index >= 15 is 0 Å². The van der Waals surface area contributed by atoms with Crippen molar-refractivity contribution in [3.05, 3.63) is 76.7 Å². The molecule has 1 heterocycles. The van der Waals surface area contributed by atoms with E-state index in [0.717, 1.165) is 11.3 Å². The summed E-state index contributed by atoms with van der Waals surface area (Å²) in [4.78, 5) is 16.2. The van der Waals surface area contributed by atoms with Gasteiger partial charge in [-0.15, -0.1) is 11.3 Å². The number of aliphatic hydroxyl groups is 1. The Kier molecular flexibility index (Phi) is 3.62. The molecule has 2 aromatic carbocycles. The molecule has 3 aromatic rings. The molecular weight excluding hydrogens is 372 g/mol. The molecule has 3 rings (SSSR count). The topological polar surface area (TPSA) is 100 Å². The van der Waals surface area contributed by atoms with Crippen LogP contribution in [0.2, 0.25) is 0 Å². The number of rotatable bonds is 9. The van der Waals surface area contributed by atoms with Crippen molar-refractivity contribution >= 4 is 28.1 Å². The van der Waals surface area contributed by atoms with Gasteiger partial charge in [0.25, 0.3) is 0 Å². The molecule has 146 valence electrons. The number of anilines is 2. The van der Waals surface area contributed by atoms with Crippen LogP contribution in [0, 0.1) is 0 Å². The van der Waals surface area contributed by atoms with Crippen LogP contribution >= 0.6 is 11.3 Å². The molecule has 0 spiro atoms. The minimum Gasteiger partial charge on any atom is -0.387 e. The second-order valence-electron chi connectivity index (χ2n) is 5.39. The molecule has 0 aliphatic heterocycles. The Morgan fingerprint density at radius 1 is 1.32 bits per heavy atom. The van der Waals surface area contributed by atoms with Crippen molar-refractivity contribution in [3.63, 3.8) is 0 Å². The molecule has 0 fully saturated rings. The Morgan fingerprint density at radius 3 is 2.75 bits per heavy atom. The predicted octanol–water partition coefficient (Wildman–Crippen LogP) is 2.77. The number of carbonyl (C=O) groups excluding carboxylic acids is 1. The quantitative estimate of drug-likeness (QED) is 0.437. The standard InChI is InChI=1S/C21H24N4O2S/c22-21-25-18(14-28-21)12-20(27)24-17-8-6-15(7-9-17)10-11-23-13-19(26)16-4-2-1-3-5-16/h1-9,14,19,23,26H,10-13H2,(H2,22,25)(H,24,27)/t19-/m0/s1/i1D,2D,3D,4D,5D,10D2,12D2,14D,19D. The number of nitrogens with one attached hydrogen (secondary N) is 2. The number of thiazole rings is 1. The molecule has 28 heavy (non-hydrogen) atoms. The molecule has 7 heteroatoms. The summed E-state index contributed by atoms with van der Waals surface area (Å²) >= 11 is 0.730. The van der Waals surface area contributed by atoms with Crippen molar-refractivity contribution in [2.75, 3.05) is 24.1 Å². The van der Waals surface area contributed by atoms with E-state index in [1.54, 1.807) is 0 Å². The first kappa shape index (κ1) is 10.2. The molecule has 0 aliphatic carbocycles. The van der Waals surface area contributed by atoms with E-state index in [-0.39, 0.29) is 21.7 Å². The molecule has 0 bridgehead atoms. The van der Waals surface area contributed by atoms with Crippen molar-refractivity contribution in [2.24, 2.45) is 0 Å². The molecule has 1 aromatic heterocycles. The van der Waals surface area contributed by atoms with Crippen LogP contribution in [0.15, 0.2) is 59.8 Å². The highest BCUT2D eigenvalue weighted by Crippen LogP contribution is 2.14. The summed E-state index contributed by atoms with van der Waals surface area (Å²) in [6.07, 6.45) is -7.36. The molecule has 1 amide bonds. The van der Waals surface area contributed by atoms with Gasteiger partial charge in [0.2, 0.25) is 5.91 Å². The Balaban J connectivity index is 1.68. The predicted molar refractivity (Wildman–Crippen MR) is 113 cm³/mol. The summed E-state index contributed by atoms with van der Waals surface area (Å²) in [6, 6.07) is 1.81. The summed E-state index contributed by atoms with van der Waals surface area (Å²) in [6.45, 7) is -1.08. The van der Waals surface area contributed by atoms with Crippen LogP contribution in [0.4, 0.5) is 10.8 Å². The fourth-order valence-corrected chi connectivity index (χ4v) is 2.51. The van der Waals surface area contributed by atoms with Crippen molar-refractivity contribution in [1.29, 1.82) is 0 Å². The Hall–Kier alpha value is -2.74. The number of nitrogens with zero attached hydrogens (tertiary/aromatic N) is 1. The first-order chi connectivity index (χ1) is 17.9. The third kappa shape index (κ3) is 6.16. The smallest absolute Gasteiger partial charge is 0.230 e. The maximum atomic E-state index is 12.5. The zero-order valence-electron chi connectivity index (χ0n) is 25.5. The fraction of sp³-hybridized carbons (Fsp3) is 0.238. The van der Waals surface area contributed by atoms with Gasteiger partial charge in [-0.25, -0.2) is 4.98 Å². The summed E-state index contributed by atoms with van der Waals surface area (Å²) in [5.41, 5.74) is 4.71. The van der Waals surface area contributed by atoms with Crippen LogP contribution in [-0.2, 0) is 17.5 Å². The van der Waals surface area contributed by atoms with Crippen molar-refractivity contribution in [3.8, 4) is 0 Å². The first-order valence-electron chi connectivity index (χ1n) is 13.6. The van der Waals surface area contributed by atoms with Crippen LogP contribution in [0.25, 0.3) is 0 Å². The molecule has 0 aliphatic rings. The van der Waals surface area contributed by atoms with Crippen LogP contribution in [0.5, 0.6) is 0 Å². The van der Waals surface area contributed by atoms with Gasteiger partial charge in [0, 0.05) is 23.1 Å². The van der Waals surface area contributed by atoms with E-state index in [1.165, 1.54) is 24.3 Å². The number of aromatic nitrogens is 1. The molecular formula is C21H24N4O2S. The summed E-state index contributed by atoms with van der Waals surface area (Å²) in [7, 11) is 0. The van der Waals surface area contributed by atoms with Gasteiger partial charge in [0.15, 0.2) is 5.13 Å². The molecule has 0 radical (unpaired) electrons. The second kappa shape index (κ2) is 9.98. The van der Waals surface area contributed by atoms with E-state index < -0.39 is 79.3 Å². The van der Waals surface area contributed by atoms with E-state index in [9.17, 15) is 9.90 Å². The van der Waals surface area contributed by atoms with Crippen LogP contribution < -0.4 is 16.4 Å². The summed E-state index contributed by atoms with van der Waals surface area (Å²) in [5, 5.41) is 15.1. The zero-order chi connectivity index (χ0) is 29.5. The van der Waals surface area contributed by atoms with Gasteiger partial charge in [-0.1, -0.05) is 42.3 Å². The van der Waals surface area contributed by atoms with E-state index in [0.29, 0.717) is 0 Å². The Morgan fingerprint density at radius 2 is 2.07 bits per heavy atom. The van der Waals surface area contributed by atoms with Gasteiger partial charge < -0.3 is 21.5 Å². The number of hydrogen-bond acceptors (Lipinski definition) is 6. The lowest BCUT2D eigenvalue weighted by Crippen LogP contribution is -2.23. The van der Waals surface area contributed by atoms with Gasteiger partial charge in [-0.05, 0) is 36.2 Å². The van der Waals surface area contributed by atoms with Crippen molar-refractivity contribution in [1.82, 2.24) is 10.3 Å². The maximum Gasteiger partial charge on any atom is 0.230 e. The third-order valence-electron chi connectivity index (χ3n) is 3.35. The van der Waals surface area contributed by atoms with Crippen LogP contribution in [0.1, 0.15) is 38.0 Å². The normalized spacial score (nSPS) is 19.7. The van der Waals surface area contributed by atoms with E-state index in [4.69, 9.17) is 20.8 Å².